The number of benzene rings is 2. The van der Waals surface area contributed by atoms with Crippen LogP contribution in [-0.4, -0.2) is 31.6 Å². The van der Waals surface area contributed by atoms with Crippen LogP contribution in [0.25, 0.3) is 22.3 Å². The minimum atomic E-state index is -0.530. The molecule has 2 amide bonds. The number of amides is 2. The van der Waals surface area contributed by atoms with Gasteiger partial charge in [-0.15, -0.1) is 0 Å². The number of nitrogens with one attached hydrogen (secondary N) is 4. The second-order valence-corrected chi connectivity index (χ2v) is 6.16. The SMILES string of the molecule is Cn1c(=O)[nH]c2cc(C(=O)NNC(=O)c3cc(-c4ccccc4)n[nH]3)ccc21. The molecular weight excluding hydrogens is 360 g/mol. The van der Waals surface area contributed by atoms with E-state index in [0.717, 1.165) is 5.56 Å². The summed E-state index contributed by atoms with van der Waals surface area (Å²) in [5, 5.41) is 6.75. The normalized spacial score (nSPS) is 10.8. The van der Waals surface area contributed by atoms with Crippen molar-refractivity contribution in [3.8, 4) is 11.3 Å². The third kappa shape index (κ3) is 3.16. The van der Waals surface area contributed by atoms with Crippen LogP contribution >= 0.6 is 0 Å². The van der Waals surface area contributed by atoms with Gasteiger partial charge in [0.1, 0.15) is 5.69 Å². The summed E-state index contributed by atoms with van der Waals surface area (Å²) in [6.07, 6.45) is 0. The molecule has 9 heteroatoms. The summed E-state index contributed by atoms with van der Waals surface area (Å²) in [4.78, 5) is 38.8. The quantitative estimate of drug-likeness (QED) is 0.403. The Bertz CT molecular complexity index is 1240. The molecule has 0 aliphatic carbocycles. The molecule has 4 aromatic rings. The lowest BCUT2D eigenvalue weighted by Crippen LogP contribution is -2.41. The number of aryl methyl sites for hydroxylation is 1. The summed E-state index contributed by atoms with van der Waals surface area (Å²) in [7, 11) is 1.63. The van der Waals surface area contributed by atoms with E-state index in [2.05, 4.69) is 26.0 Å². The zero-order valence-electron chi connectivity index (χ0n) is 14.8. The second-order valence-electron chi connectivity index (χ2n) is 6.16. The number of aromatic nitrogens is 4. The summed E-state index contributed by atoms with van der Waals surface area (Å²) >= 11 is 0. The van der Waals surface area contributed by atoms with Gasteiger partial charge in [0.2, 0.25) is 0 Å². The van der Waals surface area contributed by atoms with E-state index in [0.29, 0.717) is 22.3 Å². The van der Waals surface area contributed by atoms with Crippen LogP contribution in [0.1, 0.15) is 20.8 Å². The Morgan fingerprint density at radius 3 is 2.54 bits per heavy atom. The lowest BCUT2D eigenvalue weighted by molar-refractivity contribution is 0.0844. The van der Waals surface area contributed by atoms with Gasteiger partial charge in [-0.2, -0.15) is 5.10 Å². The Kier molecular flexibility index (Phi) is 4.24. The van der Waals surface area contributed by atoms with E-state index in [1.807, 2.05) is 30.3 Å². The molecule has 2 aromatic heterocycles. The Morgan fingerprint density at radius 1 is 1.00 bits per heavy atom. The maximum Gasteiger partial charge on any atom is 0.326 e. The average Bonchev–Trinajstić information content (AvgIpc) is 3.32. The maximum atomic E-state index is 12.3. The van der Waals surface area contributed by atoms with Gasteiger partial charge in [0.05, 0.1) is 16.7 Å². The van der Waals surface area contributed by atoms with Crippen LogP contribution in [0.2, 0.25) is 0 Å². The lowest BCUT2D eigenvalue weighted by atomic mass is 10.1. The molecule has 0 aliphatic heterocycles. The van der Waals surface area contributed by atoms with Crippen molar-refractivity contribution in [3.05, 3.63) is 76.3 Å². The van der Waals surface area contributed by atoms with E-state index in [9.17, 15) is 14.4 Å². The molecule has 0 fully saturated rings. The number of imidazole rings is 1. The highest BCUT2D eigenvalue weighted by Gasteiger charge is 2.14. The molecule has 0 spiro atoms. The van der Waals surface area contributed by atoms with E-state index < -0.39 is 11.8 Å². The molecule has 4 N–H and O–H groups in total. The van der Waals surface area contributed by atoms with Gasteiger partial charge in [-0.3, -0.25) is 30.1 Å². The van der Waals surface area contributed by atoms with Crippen LogP contribution in [0.3, 0.4) is 0 Å². The average molecular weight is 376 g/mol. The van der Waals surface area contributed by atoms with Gasteiger partial charge in [0.25, 0.3) is 11.8 Å². The minimum Gasteiger partial charge on any atom is -0.306 e. The highest BCUT2D eigenvalue weighted by atomic mass is 16.2. The van der Waals surface area contributed by atoms with Crippen LogP contribution in [0.4, 0.5) is 0 Å². The van der Waals surface area contributed by atoms with Crippen molar-refractivity contribution >= 4 is 22.8 Å². The van der Waals surface area contributed by atoms with Gasteiger partial charge in [0, 0.05) is 18.2 Å². The first-order valence-electron chi connectivity index (χ1n) is 8.43. The van der Waals surface area contributed by atoms with Crippen molar-refractivity contribution in [2.24, 2.45) is 7.05 Å². The van der Waals surface area contributed by atoms with Gasteiger partial charge < -0.3 is 4.98 Å². The largest absolute Gasteiger partial charge is 0.326 e. The molecule has 0 unspecified atom stereocenters. The van der Waals surface area contributed by atoms with Crippen molar-refractivity contribution in [2.75, 3.05) is 0 Å². The zero-order chi connectivity index (χ0) is 19.7. The van der Waals surface area contributed by atoms with Crippen LogP contribution in [-0.2, 0) is 7.05 Å². The predicted molar refractivity (Wildman–Crippen MR) is 102 cm³/mol. The molecule has 2 heterocycles. The maximum absolute atomic E-state index is 12.3. The number of carbonyl (C=O) groups is 2. The lowest BCUT2D eigenvalue weighted by Gasteiger charge is -2.06. The summed E-state index contributed by atoms with van der Waals surface area (Å²) in [6.45, 7) is 0. The number of hydrogen-bond donors (Lipinski definition) is 4. The fraction of sp³-hybridized carbons (Fsp3) is 0.0526. The second kappa shape index (κ2) is 6.88. The van der Waals surface area contributed by atoms with Crippen molar-refractivity contribution in [1.29, 1.82) is 0 Å². The molecule has 2 aromatic carbocycles. The smallest absolute Gasteiger partial charge is 0.306 e. The van der Waals surface area contributed by atoms with Gasteiger partial charge in [-0.05, 0) is 24.3 Å². The molecule has 28 heavy (non-hydrogen) atoms. The van der Waals surface area contributed by atoms with E-state index in [4.69, 9.17) is 0 Å². The van der Waals surface area contributed by atoms with Crippen LogP contribution in [0.15, 0.2) is 59.4 Å². The molecule has 0 bridgehead atoms. The Morgan fingerprint density at radius 2 is 1.75 bits per heavy atom. The monoisotopic (exact) mass is 376 g/mol. The summed E-state index contributed by atoms with van der Waals surface area (Å²) in [6, 6.07) is 15.8. The summed E-state index contributed by atoms with van der Waals surface area (Å²) in [5.41, 5.74) is 7.62. The Hall–Kier alpha value is -4.14. The predicted octanol–water partition coefficient (Wildman–Crippen LogP) is 1.33. The number of nitrogens with zero attached hydrogens (tertiary/aromatic N) is 2. The first-order chi connectivity index (χ1) is 13.5. The molecular formula is C19H16N6O3. The van der Waals surface area contributed by atoms with Gasteiger partial charge in [-0.25, -0.2) is 4.79 Å². The van der Waals surface area contributed by atoms with Crippen LogP contribution in [0.5, 0.6) is 0 Å². The molecule has 9 nitrogen and oxygen atoms in total. The molecule has 4 rings (SSSR count). The number of hydrogen-bond acceptors (Lipinski definition) is 4. The highest BCUT2D eigenvalue weighted by Crippen LogP contribution is 2.16. The number of rotatable bonds is 3. The van der Waals surface area contributed by atoms with E-state index in [1.165, 1.54) is 4.57 Å². The number of fused-ring (bicyclic) bond motifs is 1. The first-order valence-corrected chi connectivity index (χ1v) is 8.43. The fourth-order valence-electron chi connectivity index (χ4n) is 2.83. The Balaban J connectivity index is 1.44. The Labute approximate surface area is 158 Å². The fourth-order valence-corrected chi connectivity index (χ4v) is 2.83. The van der Waals surface area contributed by atoms with Crippen LogP contribution in [0, 0.1) is 0 Å². The third-order valence-electron chi connectivity index (χ3n) is 4.35. The number of hydrazine groups is 1. The summed E-state index contributed by atoms with van der Waals surface area (Å²) < 4.78 is 1.45. The first kappa shape index (κ1) is 17.3. The molecule has 0 atom stereocenters. The minimum absolute atomic E-state index is 0.210. The van der Waals surface area contributed by atoms with Crippen molar-refractivity contribution in [3.63, 3.8) is 0 Å². The number of H-pyrrole nitrogens is 2. The van der Waals surface area contributed by atoms with Gasteiger partial charge >= 0.3 is 5.69 Å². The zero-order valence-corrected chi connectivity index (χ0v) is 14.8. The standard InChI is InChI=1S/C19H16N6O3/c1-25-16-8-7-12(9-14(16)20-19(25)28)17(26)23-24-18(27)15-10-13(21-22-15)11-5-3-2-4-6-11/h2-10H,1H3,(H,20,28)(H,21,22)(H,23,26)(H,24,27). The third-order valence-corrected chi connectivity index (χ3v) is 4.35. The molecule has 0 radical (unpaired) electrons. The topological polar surface area (TPSA) is 125 Å². The highest BCUT2D eigenvalue weighted by molar-refractivity contribution is 6.00. The van der Waals surface area contributed by atoms with Crippen molar-refractivity contribution in [1.82, 2.24) is 30.6 Å². The van der Waals surface area contributed by atoms with Gasteiger partial charge in [-0.1, -0.05) is 30.3 Å². The summed E-state index contributed by atoms with van der Waals surface area (Å²) in [5.74, 6) is -1.04. The molecule has 0 saturated carbocycles. The van der Waals surface area contributed by atoms with Crippen LogP contribution < -0.4 is 16.5 Å². The molecule has 140 valence electrons. The molecule has 0 aliphatic rings. The number of carbonyl (C=O) groups excluding carboxylic acids is 2. The van der Waals surface area contributed by atoms with Crippen molar-refractivity contribution in [2.45, 2.75) is 0 Å². The molecule has 0 saturated heterocycles. The van der Waals surface area contributed by atoms with Crippen molar-refractivity contribution < 1.29 is 9.59 Å². The van der Waals surface area contributed by atoms with E-state index >= 15 is 0 Å². The van der Waals surface area contributed by atoms with Gasteiger partial charge in [0.15, 0.2) is 0 Å². The van der Waals surface area contributed by atoms with E-state index in [-0.39, 0.29) is 11.4 Å². The number of aromatic amines is 2. The van der Waals surface area contributed by atoms with E-state index in [1.54, 1.807) is 31.3 Å².